The molecule has 1 aromatic carbocycles. The standard InChI is InChI=1S/C14H20O/c1-14(2,3)12-9-10-7-5-6-8-11(10)13(12)15-4/h5-8,12-13H,9H2,1-4H3/t12-,13+/m0/s1. The van der Waals surface area contributed by atoms with Gasteiger partial charge in [-0.05, 0) is 28.9 Å². The molecular weight excluding hydrogens is 184 g/mol. The van der Waals surface area contributed by atoms with Crippen LogP contribution < -0.4 is 0 Å². The molecule has 0 aliphatic heterocycles. The first-order valence-corrected chi connectivity index (χ1v) is 5.64. The van der Waals surface area contributed by atoms with Gasteiger partial charge in [0.2, 0.25) is 0 Å². The molecule has 1 nitrogen and oxygen atoms in total. The molecule has 1 heteroatoms. The highest BCUT2D eigenvalue weighted by Crippen LogP contribution is 2.46. The highest BCUT2D eigenvalue weighted by molar-refractivity contribution is 5.35. The van der Waals surface area contributed by atoms with Crippen LogP contribution in [-0.2, 0) is 11.2 Å². The molecule has 82 valence electrons. The fourth-order valence-electron chi connectivity index (χ4n) is 2.61. The lowest BCUT2D eigenvalue weighted by atomic mass is 9.77. The zero-order valence-electron chi connectivity index (χ0n) is 10.1. The van der Waals surface area contributed by atoms with E-state index in [1.54, 1.807) is 0 Å². The predicted molar refractivity (Wildman–Crippen MR) is 62.8 cm³/mol. The second-order valence-electron chi connectivity index (χ2n) is 5.53. The second-order valence-corrected chi connectivity index (χ2v) is 5.53. The molecule has 0 saturated carbocycles. The monoisotopic (exact) mass is 204 g/mol. The smallest absolute Gasteiger partial charge is 0.0860 e. The zero-order chi connectivity index (χ0) is 11.1. The van der Waals surface area contributed by atoms with Crippen LogP contribution in [0.25, 0.3) is 0 Å². The number of methoxy groups -OCH3 is 1. The van der Waals surface area contributed by atoms with Crippen molar-refractivity contribution in [2.24, 2.45) is 11.3 Å². The van der Waals surface area contributed by atoms with E-state index in [2.05, 4.69) is 45.0 Å². The molecule has 2 rings (SSSR count). The predicted octanol–water partition coefficient (Wildman–Crippen LogP) is 3.59. The summed E-state index contributed by atoms with van der Waals surface area (Å²) in [4.78, 5) is 0. The van der Waals surface area contributed by atoms with Crippen molar-refractivity contribution in [2.45, 2.75) is 33.3 Å². The molecule has 15 heavy (non-hydrogen) atoms. The summed E-state index contributed by atoms with van der Waals surface area (Å²) in [5, 5.41) is 0. The number of rotatable bonds is 1. The van der Waals surface area contributed by atoms with Gasteiger partial charge in [-0.25, -0.2) is 0 Å². The molecule has 0 amide bonds. The Labute approximate surface area is 92.5 Å². The quantitative estimate of drug-likeness (QED) is 0.679. The Morgan fingerprint density at radius 2 is 1.87 bits per heavy atom. The lowest BCUT2D eigenvalue weighted by Crippen LogP contribution is -2.25. The molecule has 1 aliphatic rings. The molecule has 0 radical (unpaired) electrons. The number of ether oxygens (including phenoxy) is 1. The largest absolute Gasteiger partial charge is 0.376 e. The number of hydrogen-bond acceptors (Lipinski definition) is 1. The normalized spacial score (nSPS) is 25.3. The first kappa shape index (κ1) is 10.7. The molecule has 0 N–H and O–H groups in total. The van der Waals surface area contributed by atoms with Gasteiger partial charge in [-0.15, -0.1) is 0 Å². The molecule has 0 bridgehead atoms. The maximum atomic E-state index is 5.68. The minimum atomic E-state index is 0.279. The van der Waals surface area contributed by atoms with E-state index < -0.39 is 0 Å². The third-order valence-electron chi connectivity index (χ3n) is 3.53. The van der Waals surface area contributed by atoms with E-state index in [-0.39, 0.29) is 6.10 Å². The molecule has 2 atom stereocenters. The summed E-state index contributed by atoms with van der Waals surface area (Å²) in [5.74, 6) is 0.597. The molecule has 0 aromatic heterocycles. The van der Waals surface area contributed by atoms with Crippen LogP contribution >= 0.6 is 0 Å². The van der Waals surface area contributed by atoms with Gasteiger partial charge in [-0.1, -0.05) is 45.0 Å². The van der Waals surface area contributed by atoms with Gasteiger partial charge in [0.1, 0.15) is 0 Å². The van der Waals surface area contributed by atoms with Gasteiger partial charge in [0.05, 0.1) is 6.10 Å². The van der Waals surface area contributed by atoms with E-state index in [1.165, 1.54) is 11.1 Å². The lowest BCUT2D eigenvalue weighted by molar-refractivity contribution is 0.0158. The summed E-state index contributed by atoms with van der Waals surface area (Å²) in [6.45, 7) is 6.90. The zero-order valence-corrected chi connectivity index (χ0v) is 10.1. The van der Waals surface area contributed by atoms with E-state index >= 15 is 0 Å². The van der Waals surface area contributed by atoms with Crippen LogP contribution in [0.2, 0.25) is 0 Å². The van der Waals surface area contributed by atoms with Crippen LogP contribution in [0.5, 0.6) is 0 Å². The van der Waals surface area contributed by atoms with E-state index in [0.29, 0.717) is 11.3 Å². The van der Waals surface area contributed by atoms with Crippen molar-refractivity contribution < 1.29 is 4.74 Å². The summed E-state index contributed by atoms with van der Waals surface area (Å²) < 4.78 is 5.68. The Bertz CT molecular complexity index is 349. The molecule has 0 heterocycles. The second kappa shape index (κ2) is 3.64. The van der Waals surface area contributed by atoms with Crippen molar-refractivity contribution in [3.05, 3.63) is 35.4 Å². The van der Waals surface area contributed by atoms with E-state index in [4.69, 9.17) is 4.74 Å². The minimum absolute atomic E-state index is 0.279. The van der Waals surface area contributed by atoms with Crippen LogP contribution in [0.3, 0.4) is 0 Å². The van der Waals surface area contributed by atoms with Crippen LogP contribution in [0.1, 0.15) is 38.0 Å². The summed E-state index contributed by atoms with van der Waals surface area (Å²) in [6, 6.07) is 8.66. The topological polar surface area (TPSA) is 9.23 Å². The highest BCUT2D eigenvalue weighted by Gasteiger charge is 2.39. The molecule has 0 fully saturated rings. The van der Waals surface area contributed by atoms with Gasteiger partial charge < -0.3 is 4.74 Å². The lowest BCUT2D eigenvalue weighted by Gasteiger charge is -2.31. The third-order valence-corrected chi connectivity index (χ3v) is 3.53. The average Bonchev–Trinajstić information content (AvgIpc) is 2.55. The van der Waals surface area contributed by atoms with Gasteiger partial charge in [0.15, 0.2) is 0 Å². The molecule has 0 unspecified atom stereocenters. The van der Waals surface area contributed by atoms with Crippen LogP contribution in [0.4, 0.5) is 0 Å². The summed E-state index contributed by atoms with van der Waals surface area (Å²) in [5.41, 5.74) is 3.16. The Hall–Kier alpha value is -0.820. The van der Waals surface area contributed by atoms with E-state index in [9.17, 15) is 0 Å². The molecule has 0 saturated heterocycles. The first-order chi connectivity index (χ1) is 7.04. The van der Waals surface area contributed by atoms with Crippen LogP contribution in [0, 0.1) is 11.3 Å². The van der Waals surface area contributed by atoms with Crippen LogP contribution in [0.15, 0.2) is 24.3 Å². The Kier molecular flexibility index (Phi) is 2.59. The number of fused-ring (bicyclic) bond motifs is 1. The van der Waals surface area contributed by atoms with Crippen molar-refractivity contribution in [3.8, 4) is 0 Å². The average molecular weight is 204 g/mol. The summed E-state index contributed by atoms with van der Waals surface area (Å²) >= 11 is 0. The molecule has 1 aromatic rings. The van der Waals surface area contributed by atoms with Crippen molar-refractivity contribution in [1.29, 1.82) is 0 Å². The Morgan fingerprint density at radius 1 is 1.20 bits per heavy atom. The summed E-state index contributed by atoms with van der Waals surface area (Å²) in [7, 11) is 1.82. The van der Waals surface area contributed by atoms with Gasteiger partial charge >= 0.3 is 0 Å². The van der Waals surface area contributed by atoms with Crippen molar-refractivity contribution >= 4 is 0 Å². The van der Waals surface area contributed by atoms with Crippen molar-refractivity contribution in [3.63, 3.8) is 0 Å². The third kappa shape index (κ3) is 1.81. The Balaban J connectivity index is 2.37. The number of benzene rings is 1. The van der Waals surface area contributed by atoms with Crippen molar-refractivity contribution in [1.82, 2.24) is 0 Å². The SMILES string of the molecule is CO[C@@H]1c2ccccc2C[C@@H]1C(C)(C)C. The van der Waals surface area contributed by atoms with Crippen molar-refractivity contribution in [2.75, 3.05) is 7.11 Å². The minimum Gasteiger partial charge on any atom is -0.376 e. The van der Waals surface area contributed by atoms with E-state index in [1.807, 2.05) is 7.11 Å². The Morgan fingerprint density at radius 3 is 2.47 bits per heavy atom. The maximum Gasteiger partial charge on any atom is 0.0860 e. The first-order valence-electron chi connectivity index (χ1n) is 5.64. The van der Waals surface area contributed by atoms with Crippen LogP contribution in [-0.4, -0.2) is 7.11 Å². The molecular formula is C14H20O. The highest BCUT2D eigenvalue weighted by atomic mass is 16.5. The molecule has 0 spiro atoms. The van der Waals surface area contributed by atoms with Gasteiger partial charge in [-0.2, -0.15) is 0 Å². The fourth-order valence-corrected chi connectivity index (χ4v) is 2.61. The van der Waals surface area contributed by atoms with Gasteiger partial charge in [-0.3, -0.25) is 0 Å². The number of hydrogen-bond donors (Lipinski definition) is 0. The van der Waals surface area contributed by atoms with Gasteiger partial charge in [0.25, 0.3) is 0 Å². The fraction of sp³-hybridized carbons (Fsp3) is 0.571. The van der Waals surface area contributed by atoms with E-state index in [0.717, 1.165) is 6.42 Å². The maximum absolute atomic E-state index is 5.68. The summed E-state index contributed by atoms with van der Waals surface area (Å²) in [6.07, 6.45) is 1.43. The molecule has 1 aliphatic carbocycles. The van der Waals surface area contributed by atoms with Gasteiger partial charge in [0, 0.05) is 7.11 Å².